The molecule has 0 amide bonds. The van der Waals surface area contributed by atoms with Crippen molar-refractivity contribution in [3.8, 4) is 28.4 Å². The summed E-state index contributed by atoms with van der Waals surface area (Å²) >= 11 is 0. The van der Waals surface area contributed by atoms with E-state index in [1.807, 2.05) is 109 Å². The highest BCUT2D eigenvalue weighted by Crippen LogP contribution is 2.50. The minimum Gasteiger partial charge on any atom is -0.497 e. The summed E-state index contributed by atoms with van der Waals surface area (Å²) in [7, 11) is 4.67. The molecular weight excluding hydrogens is 514 g/mol. The van der Waals surface area contributed by atoms with Gasteiger partial charge in [0.1, 0.15) is 17.2 Å². The van der Waals surface area contributed by atoms with Crippen LogP contribution in [0.4, 0.5) is 5.69 Å². The fourth-order valence-corrected chi connectivity index (χ4v) is 5.55. The lowest BCUT2D eigenvalue weighted by molar-refractivity contribution is 0.0600. The molecule has 5 aromatic rings. The molecular formula is C35H29NO5. The molecule has 2 N–H and O–H groups in total. The summed E-state index contributed by atoms with van der Waals surface area (Å²) in [6.07, 6.45) is 3.95. The van der Waals surface area contributed by atoms with Crippen LogP contribution in [-0.4, -0.2) is 27.3 Å². The average molecular weight is 544 g/mol. The van der Waals surface area contributed by atoms with Gasteiger partial charge in [-0.3, -0.25) is 0 Å². The number of nitrogens with two attached hydrogens (primary N) is 1. The molecule has 0 spiro atoms. The Morgan fingerprint density at radius 1 is 0.756 bits per heavy atom. The van der Waals surface area contributed by atoms with E-state index < -0.39 is 11.6 Å². The number of carbonyl (C=O) groups excluding carboxylic acids is 1. The van der Waals surface area contributed by atoms with E-state index in [9.17, 15) is 4.79 Å². The van der Waals surface area contributed by atoms with E-state index in [2.05, 4.69) is 0 Å². The van der Waals surface area contributed by atoms with Crippen molar-refractivity contribution >= 4 is 28.5 Å². The van der Waals surface area contributed by atoms with E-state index in [0.717, 1.165) is 44.5 Å². The van der Waals surface area contributed by atoms with Crippen LogP contribution in [-0.2, 0) is 10.3 Å². The van der Waals surface area contributed by atoms with Crippen molar-refractivity contribution in [3.63, 3.8) is 0 Å². The molecule has 204 valence electrons. The van der Waals surface area contributed by atoms with Crippen molar-refractivity contribution in [2.75, 3.05) is 27.1 Å². The minimum absolute atomic E-state index is 0.418. The maximum atomic E-state index is 13.5. The van der Waals surface area contributed by atoms with Gasteiger partial charge in [0.2, 0.25) is 0 Å². The molecule has 0 atom stereocenters. The molecule has 41 heavy (non-hydrogen) atoms. The lowest BCUT2D eigenvalue weighted by atomic mass is 9.81. The SMILES string of the molecule is COC(=O)c1c2c(c3ccccc3c1-c1cccc(N)c1)OC(c1ccc(OC)cc1)(c1ccc(OC)cc1)C=C2. The Labute approximate surface area is 238 Å². The first-order chi connectivity index (χ1) is 20.0. The van der Waals surface area contributed by atoms with Crippen molar-refractivity contribution in [2.45, 2.75) is 5.60 Å². The molecule has 0 saturated heterocycles. The fourth-order valence-electron chi connectivity index (χ4n) is 5.55. The number of benzene rings is 5. The molecule has 0 unspecified atom stereocenters. The molecule has 1 aliphatic rings. The first-order valence-corrected chi connectivity index (χ1v) is 13.2. The Hall–Kier alpha value is -5.23. The first-order valence-electron chi connectivity index (χ1n) is 13.2. The van der Waals surface area contributed by atoms with Crippen molar-refractivity contribution in [3.05, 3.63) is 125 Å². The van der Waals surface area contributed by atoms with Gasteiger partial charge < -0.3 is 24.7 Å². The van der Waals surface area contributed by atoms with Gasteiger partial charge in [-0.25, -0.2) is 4.79 Å². The summed E-state index contributed by atoms with van der Waals surface area (Å²) in [5, 5.41) is 1.72. The topological polar surface area (TPSA) is 80.0 Å². The summed E-state index contributed by atoms with van der Waals surface area (Å²) in [6, 6.07) is 31.0. The standard InChI is InChI=1S/C35H29NO5/c1-38-26-15-11-23(12-16-26)35(24-13-17-27(39-2)18-14-24)20-19-30-32(34(37)40-3)31(22-7-6-8-25(36)21-22)28-9-4-5-10-29(28)33(30)41-35/h4-21H,36H2,1-3H3. The van der Waals surface area contributed by atoms with Crippen LogP contribution in [0.2, 0.25) is 0 Å². The summed E-state index contributed by atoms with van der Waals surface area (Å²) in [4.78, 5) is 13.5. The number of hydrogen-bond donors (Lipinski definition) is 1. The van der Waals surface area contributed by atoms with Crippen LogP contribution < -0.4 is 19.9 Å². The van der Waals surface area contributed by atoms with E-state index in [-0.39, 0.29) is 0 Å². The third kappa shape index (κ3) is 4.34. The molecule has 6 rings (SSSR count). The number of hydrogen-bond acceptors (Lipinski definition) is 6. The summed E-state index contributed by atoms with van der Waals surface area (Å²) in [5.41, 5.74) is 10.2. The van der Waals surface area contributed by atoms with Crippen LogP contribution >= 0.6 is 0 Å². The second-order valence-corrected chi connectivity index (χ2v) is 9.78. The van der Waals surface area contributed by atoms with E-state index in [1.54, 1.807) is 14.2 Å². The third-order valence-electron chi connectivity index (χ3n) is 7.56. The highest BCUT2D eigenvalue weighted by molar-refractivity contribution is 6.14. The van der Waals surface area contributed by atoms with Crippen LogP contribution in [0, 0.1) is 0 Å². The van der Waals surface area contributed by atoms with Gasteiger partial charge in [0, 0.05) is 33.3 Å². The lowest BCUT2D eigenvalue weighted by Crippen LogP contribution is -2.34. The molecule has 0 aromatic heterocycles. The van der Waals surface area contributed by atoms with Crippen molar-refractivity contribution in [1.29, 1.82) is 0 Å². The van der Waals surface area contributed by atoms with E-state index in [1.165, 1.54) is 7.11 Å². The molecule has 0 saturated carbocycles. The Balaban J connectivity index is 1.67. The zero-order valence-electron chi connectivity index (χ0n) is 23.0. The molecule has 5 aromatic carbocycles. The summed E-state index contributed by atoms with van der Waals surface area (Å²) in [5.74, 6) is 1.61. The van der Waals surface area contributed by atoms with Gasteiger partial charge in [0.05, 0.1) is 26.9 Å². The zero-order chi connectivity index (χ0) is 28.6. The van der Waals surface area contributed by atoms with Gasteiger partial charge in [-0.1, -0.05) is 60.7 Å². The van der Waals surface area contributed by atoms with E-state index >= 15 is 0 Å². The van der Waals surface area contributed by atoms with Gasteiger partial charge in [-0.2, -0.15) is 0 Å². The number of anilines is 1. The highest BCUT2D eigenvalue weighted by atomic mass is 16.5. The van der Waals surface area contributed by atoms with Crippen LogP contribution in [0.5, 0.6) is 17.2 Å². The van der Waals surface area contributed by atoms with Gasteiger partial charge in [-0.05, 0) is 59.5 Å². The van der Waals surface area contributed by atoms with Gasteiger partial charge in [0.25, 0.3) is 0 Å². The van der Waals surface area contributed by atoms with Crippen LogP contribution in [0.25, 0.3) is 28.0 Å². The Kier molecular flexibility index (Phi) is 6.59. The number of esters is 1. The minimum atomic E-state index is -1.000. The largest absolute Gasteiger partial charge is 0.497 e. The monoisotopic (exact) mass is 543 g/mol. The van der Waals surface area contributed by atoms with Crippen LogP contribution in [0.3, 0.4) is 0 Å². The molecule has 0 bridgehead atoms. The lowest BCUT2D eigenvalue weighted by Gasteiger charge is -2.37. The summed E-state index contributed by atoms with van der Waals surface area (Å²) in [6.45, 7) is 0. The predicted molar refractivity (Wildman–Crippen MR) is 162 cm³/mol. The van der Waals surface area contributed by atoms with Crippen LogP contribution in [0.15, 0.2) is 103 Å². The average Bonchev–Trinajstić information content (AvgIpc) is 3.03. The summed E-state index contributed by atoms with van der Waals surface area (Å²) < 4.78 is 23.3. The molecule has 1 aliphatic heterocycles. The third-order valence-corrected chi connectivity index (χ3v) is 7.56. The number of fused-ring (bicyclic) bond motifs is 3. The Bertz CT molecular complexity index is 1740. The highest BCUT2D eigenvalue weighted by Gasteiger charge is 2.40. The number of ether oxygens (including phenoxy) is 4. The second-order valence-electron chi connectivity index (χ2n) is 9.78. The van der Waals surface area contributed by atoms with Crippen molar-refractivity contribution in [2.24, 2.45) is 0 Å². The smallest absolute Gasteiger partial charge is 0.339 e. The Morgan fingerprint density at radius 3 is 1.93 bits per heavy atom. The van der Waals surface area contributed by atoms with Gasteiger partial charge in [-0.15, -0.1) is 0 Å². The molecule has 0 fully saturated rings. The van der Waals surface area contributed by atoms with Gasteiger partial charge >= 0.3 is 5.97 Å². The first kappa shape index (κ1) is 26.0. The molecule has 0 radical (unpaired) electrons. The number of carbonyl (C=O) groups is 1. The van der Waals surface area contributed by atoms with Crippen LogP contribution in [0.1, 0.15) is 27.0 Å². The second kappa shape index (κ2) is 10.4. The maximum Gasteiger partial charge on any atom is 0.339 e. The Morgan fingerprint density at radius 2 is 1.37 bits per heavy atom. The quantitative estimate of drug-likeness (QED) is 0.180. The molecule has 6 nitrogen and oxygen atoms in total. The number of nitrogen functional groups attached to an aromatic ring is 1. The number of methoxy groups -OCH3 is 3. The van der Waals surface area contributed by atoms with E-state index in [0.29, 0.717) is 22.6 Å². The maximum absolute atomic E-state index is 13.5. The molecule has 0 aliphatic carbocycles. The zero-order valence-corrected chi connectivity index (χ0v) is 23.0. The van der Waals surface area contributed by atoms with Crippen molar-refractivity contribution < 1.29 is 23.7 Å². The predicted octanol–water partition coefficient (Wildman–Crippen LogP) is 7.24. The fraction of sp³-hybridized carbons (Fsp3) is 0.114. The van der Waals surface area contributed by atoms with E-state index in [4.69, 9.17) is 24.7 Å². The number of rotatable bonds is 6. The molecule has 1 heterocycles. The molecule has 6 heteroatoms. The van der Waals surface area contributed by atoms with Crippen molar-refractivity contribution in [1.82, 2.24) is 0 Å². The van der Waals surface area contributed by atoms with Gasteiger partial charge in [0.15, 0.2) is 5.60 Å². The normalized spacial score (nSPS) is 13.2.